The lowest BCUT2D eigenvalue weighted by atomic mass is 10.0. The van der Waals surface area contributed by atoms with E-state index >= 15 is 0 Å². The van der Waals surface area contributed by atoms with Crippen molar-refractivity contribution in [1.29, 1.82) is 0 Å². The van der Waals surface area contributed by atoms with Gasteiger partial charge in [-0.05, 0) is 37.1 Å². The van der Waals surface area contributed by atoms with Gasteiger partial charge in [0.1, 0.15) is 0 Å². The molecule has 0 saturated heterocycles. The predicted octanol–water partition coefficient (Wildman–Crippen LogP) is 3.52. The lowest BCUT2D eigenvalue weighted by Crippen LogP contribution is -2.39. The molecule has 3 N–H and O–H groups in total. The zero-order valence-electron chi connectivity index (χ0n) is 17.3. The van der Waals surface area contributed by atoms with Gasteiger partial charge in [0.15, 0.2) is 17.5 Å². The highest BCUT2D eigenvalue weighted by atomic mass is 19.3. The Morgan fingerprint density at radius 1 is 1.07 bits per heavy atom. The van der Waals surface area contributed by atoms with Crippen LogP contribution in [0.25, 0.3) is 0 Å². The van der Waals surface area contributed by atoms with Gasteiger partial charge in [-0.25, -0.2) is 4.99 Å². The molecule has 2 aromatic rings. The van der Waals surface area contributed by atoms with Gasteiger partial charge in [0, 0.05) is 19.0 Å². The van der Waals surface area contributed by atoms with Crippen LogP contribution in [0.5, 0.6) is 11.5 Å². The number of halogens is 2. The highest BCUT2D eigenvalue weighted by Gasteiger charge is 2.13. The number of aliphatic hydroxyl groups excluding tert-OH is 1. The molecule has 0 saturated carbocycles. The molecule has 30 heavy (non-hydrogen) atoms. The van der Waals surface area contributed by atoms with Crippen molar-refractivity contribution in [2.45, 2.75) is 32.9 Å². The molecule has 6 nitrogen and oxygen atoms in total. The van der Waals surface area contributed by atoms with Crippen molar-refractivity contribution in [3.63, 3.8) is 0 Å². The zero-order chi connectivity index (χ0) is 21.8. The smallest absolute Gasteiger partial charge is 0.387 e. The second-order valence-electron chi connectivity index (χ2n) is 6.46. The maximum Gasteiger partial charge on any atom is 0.387 e. The highest BCUT2D eigenvalue weighted by Crippen LogP contribution is 2.30. The second kappa shape index (κ2) is 12.6. The van der Waals surface area contributed by atoms with E-state index in [4.69, 9.17) is 4.74 Å². The number of aliphatic hydroxyl groups is 1. The molecule has 8 heteroatoms. The predicted molar refractivity (Wildman–Crippen MR) is 113 cm³/mol. The number of ether oxygens (including phenoxy) is 2. The number of rotatable bonds is 11. The first-order chi connectivity index (χ1) is 14.6. The summed E-state index contributed by atoms with van der Waals surface area (Å²) in [4.78, 5) is 4.54. The summed E-state index contributed by atoms with van der Waals surface area (Å²) in [6.07, 6.45) is 0. The monoisotopic (exact) mass is 421 g/mol. The fraction of sp³-hybridized carbons (Fsp3) is 0.409. The first kappa shape index (κ1) is 23.4. The van der Waals surface area contributed by atoms with Crippen LogP contribution in [-0.2, 0) is 6.54 Å². The molecule has 0 spiro atoms. The lowest BCUT2D eigenvalue weighted by molar-refractivity contribution is -0.0514. The number of guanidine groups is 1. The molecule has 0 aliphatic carbocycles. The third-order valence-corrected chi connectivity index (χ3v) is 4.30. The van der Waals surface area contributed by atoms with Gasteiger partial charge >= 0.3 is 6.61 Å². The Labute approximate surface area is 175 Å². The molecule has 0 aliphatic rings. The summed E-state index contributed by atoms with van der Waals surface area (Å²) in [5, 5.41) is 16.1. The van der Waals surface area contributed by atoms with E-state index < -0.39 is 6.61 Å². The van der Waals surface area contributed by atoms with Crippen LogP contribution in [-0.4, -0.2) is 44.0 Å². The van der Waals surface area contributed by atoms with E-state index in [1.54, 1.807) is 19.1 Å². The number of hydrogen-bond donors (Lipinski definition) is 3. The van der Waals surface area contributed by atoms with Gasteiger partial charge in [-0.1, -0.05) is 36.4 Å². The summed E-state index contributed by atoms with van der Waals surface area (Å²) < 4.78 is 35.0. The van der Waals surface area contributed by atoms with E-state index in [0.717, 1.165) is 11.1 Å². The van der Waals surface area contributed by atoms with Crippen LogP contribution in [0.3, 0.4) is 0 Å². The van der Waals surface area contributed by atoms with Crippen molar-refractivity contribution >= 4 is 5.96 Å². The fourth-order valence-corrected chi connectivity index (χ4v) is 2.86. The molecule has 1 unspecified atom stereocenters. The molecular weight excluding hydrogens is 392 g/mol. The van der Waals surface area contributed by atoms with E-state index in [1.165, 1.54) is 6.07 Å². The summed E-state index contributed by atoms with van der Waals surface area (Å²) in [6.45, 7) is 2.67. The van der Waals surface area contributed by atoms with Crippen molar-refractivity contribution in [1.82, 2.24) is 10.6 Å². The van der Waals surface area contributed by atoms with Crippen LogP contribution in [0.1, 0.15) is 30.9 Å². The molecule has 0 amide bonds. The maximum absolute atomic E-state index is 12.5. The Morgan fingerprint density at radius 2 is 1.83 bits per heavy atom. The van der Waals surface area contributed by atoms with E-state index in [9.17, 15) is 13.9 Å². The van der Waals surface area contributed by atoms with E-state index in [-0.39, 0.29) is 24.0 Å². The van der Waals surface area contributed by atoms with Crippen LogP contribution in [0.2, 0.25) is 0 Å². The average molecular weight is 421 g/mol. The summed E-state index contributed by atoms with van der Waals surface area (Å²) in [5.74, 6) is 0.786. The Balaban J connectivity index is 2.07. The molecule has 0 fully saturated rings. The molecule has 1 atom stereocenters. The molecule has 164 valence electrons. The Kier molecular flexibility index (Phi) is 9.86. The summed E-state index contributed by atoms with van der Waals surface area (Å²) in [7, 11) is 0. The lowest BCUT2D eigenvalue weighted by Gasteiger charge is -2.18. The second-order valence-corrected chi connectivity index (χ2v) is 6.46. The van der Waals surface area contributed by atoms with Crippen molar-refractivity contribution in [2.75, 3.05) is 26.3 Å². The van der Waals surface area contributed by atoms with Crippen LogP contribution < -0.4 is 20.1 Å². The van der Waals surface area contributed by atoms with Crippen molar-refractivity contribution in [2.24, 2.45) is 4.99 Å². The minimum absolute atomic E-state index is 0.00161. The third kappa shape index (κ3) is 7.51. The number of nitrogens with one attached hydrogen (secondary N) is 2. The Hall–Kier alpha value is -2.87. The van der Waals surface area contributed by atoms with Crippen LogP contribution in [0, 0.1) is 0 Å². The Morgan fingerprint density at radius 3 is 2.47 bits per heavy atom. The highest BCUT2D eigenvalue weighted by molar-refractivity contribution is 5.79. The number of benzene rings is 2. The van der Waals surface area contributed by atoms with Crippen LogP contribution in [0.15, 0.2) is 53.5 Å². The molecule has 0 bridgehead atoms. The van der Waals surface area contributed by atoms with Gasteiger partial charge in [-0.15, -0.1) is 0 Å². The van der Waals surface area contributed by atoms with E-state index in [1.807, 2.05) is 37.3 Å². The van der Waals surface area contributed by atoms with Crippen LogP contribution in [0.4, 0.5) is 8.78 Å². The molecule has 0 aliphatic heterocycles. The minimum atomic E-state index is -2.92. The van der Waals surface area contributed by atoms with Gasteiger partial charge in [-0.3, -0.25) is 0 Å². The first-order valence-electron chi connectivity index (χ1n) is 9.95. The van der Waals surface area contributed by atoms with E-state index in [2.05, 4.69) is 20.4 Å². The van der Waals surface area contributed by atoms with Gasteiger partial charge in [0.05, 0.1) is 19.8 Å². The minimum Gasteiger partial charge on any atom is -0.490 e. The topological polar surface area (TPSA) is 75.1 Å². The van der Waals surface area contributed by atoms with Crippen LogP contribution >= 0.6 is 0 Å². The normalized spacial score (nSPS) is 12.5. The van der Waals surface area contributed by atoms with Gasteiger partial charge in [0.25, 0.3) is 0 Å². The average Bonchev–Trinajstić information content (AvgIpc) is 2.74. The summed E-state index contributed by atoms with van der Waals surface area (Å²) in [6, 6.07) is 14.5. The summed E-state index contributed by atoms with van der Waals surface area (Å²) >= 11 is 0. The molecule has 0 aromatic heterocycles. The standard InChI is InChI=1S/C22H29F2N3O3/c1-3-25-22(27-14-18(15-28)17-8-6-5-7-9-17)26-13-16-10-11-19(30-21(23)24)20(12-16)29-4-2/h5-12,18,21,28H,3-4,13-15H2,1-2H3,(H2,25,26,27). The summed E-state index contributed by atoms with van der Waals surface area (Å²) in [5.41, 5.74) is 1.83. The molecule has 2 aromatic carbocycles. The van der Waals surface area contributed by atoms with Gasteiger partial charge in [0.2, 0.25) is 0 Å². The molecule has 0 heterocycles. The SMILES string of the molecule is CCNC(=NCc1ccc(OC(F)F)c(OCC)c1)NCC(CO)c1ccccc1. The van der Waals surface area contributed by atoms with Crippen molar-refractivity contribution < 1.29 is 23.4 Å². The number of hydrogen-bond acceptors (Lipinski definition) is 4. The van der Waals surface area contributed by atoms with Gasteiger partial charge in [-0.2, -0.15) is 8.78 Å². The first-order valence-corrected chi connectivity index (χ1v) is 9.95. The fourth-order valence-electron chi connectivity index (χ4n) is 2.86. The van der Waals surface area contributed by atoms with Crippen molar-refractivity contribution in [3.05, 3.63) is 59.7 Å². The van der Waals surface area contributed by atoms with E-state index in [0.29, 0.717) is 32.2 Å². The molecule has 0 radical (unpaired) electrons. The molecule has 2 rings (SSSR count). The number of alkyl halides is 2. The maximum atomic E-state index is 12.5. The third-order valence-electron chi connectivity index (χ3n) is 4.30. The largest absolute Gasteiger partial charge is 0.490 e. The number of nitrogens with zero attached hydrogens (tertiary/aromatic N) is 1. The number of aliphatic imine (C=N–C) groups is 1. The van der Waals surface area contributed by atoms with Crippen molar-refractivity contribution in [3.8, 4) is 11.5 Å². The quantitative estimate of drug-likeness (QED) is 0.382. The van der Waals surface area contributed by atoms with Gasteiger partial charge < -0.3 is 25.2 Å². The zero-order valence-corrected chi connectivity index (χ0v) is 17.3. The Bertz CT molecular complexity index is 788. The molecular formula is C22H29F2N3O3.